The number of ether oxygens (including phenoxy) is 1. The molecule has 1 atom stereocenters. The number of imidazole rings is 1. The third-order valence-electron chi connectivity index (χ3n) is 4.41. The molecular weight excluding hydrogens is 372 g/mol. The van der Waals surface area contributed by atoms with Crippen LogP contribution in [0, 0.1) is 11.6 Å². The van der Waals surface area contributed by atoms with Gasteiger partial charge in [0, 0.05) is 13.2 Å². The van der Waals surface area contributed by atoms with Crippen molar-refractivity contribution in [1.29, 1.82) is 0 Å². The Morgan fingerprint density at radius 1 is 1.39 bits per heavy atom. The summed E-state index contributed by atoms with van der Waals surface area (Å²) in [6.07, 6.45) is 3.21. The SMILES string of the molecule is Nc1nnc(-c2cnc(C(=O)NC[C@H]3CCCO3)[nH]2)n1-c1cccc(F)c1F. The Labute approximate surface area is 157 Å². The molecule has 1 aromatic carbocycles. The first-order valence-corrected chi connectivity index (χ1v) is 8.65. The summed E-state index contributed by atoms with van der Waals surface area (Å²) < 4.78 is 34.4. The number of halogens is 2. The van der Waals surface area contributed by atoms with Crippen molar-refractivity contribution in [2.45, 2.75) is 18.9 Å². The molecule has 9 nitrogen and oxygen atoms in total. The molecule has 0 bridgehead atoms. The van der Waals surface area contributed by atoms with Crippen LogP contribution in [-0.2, 0) is 4.74 Å². The maximum atomic E-state index is 14.2. The van der Waals surface area contributed by atoms with Crippen molar-refractivity contribution in [1.82, 2.24) is 30.0 Å². The largest absolute Gasteiger partial charge is 0.376 e. The Balaban J connectivity index is 1.59. The number of hydrogen-bond donors (Lipinski definition) is 3. The van der Waals surface area contributed by atoms with Crippen molar-refractivity contribution in [3.8, 4) is 17.2 Å². The molecule has 0 spiro atoms. The third kappa shape index (κ3) is 3.31. The highest BCUT2D eigenvalue weighted by molar-refractivity contribution is 5.91. The number of aromatic amines is 1. The van der Waals surface area contributed by atoms with Gasteiger partial charge in [0.2, 0.25) is 5.95 Å². The molecular formula is C17H17F2N7O2. The molecule has 1 aliphatic rings. The van der Waals surface area contributed by atoms with E-state index >= 15 is 0 Å². The molecule has 146 valence electrons. The third-order valence-corrected chi connectivity index (χ3v) is 4.41. The first-order chi connectivity index (χ1) is 13.5. The highest BCUT2D eigenvalue weighted by Crippen LogP contribution is 2.25. The maximum Gasteiger partial charge on any atom is 0.287 e. The number of nitrogens with two attached hydrogens (primary N) is 1. The Morgan fingerprint density at radius 2 is 2.25 bits per heavy atom. The minimum Gasteiger partial charge on any atom is -0.376 e. The van der Waals surface area contributed by atoms with Gasteiger partial charge in [0.1, 0.15) is 5.69 Å². The molecule has 11 heteroatoms. The number of nitrogen functional groups attached to an aromatic ring is 1. The number of rotatable bonds is 5. The molecule has 0 radical (unpaired) electrons. The lowest BCUT2D eigenvalue weighted by Crippen LogP contribution is -2.32. The predicted molar refractivity (Wildman–Crippen MR) is 94.6 cm³/mol. The molecule has 4 N–H and O–H groups in total. The Bertz CT molecular complexity index is 1010. The van der Waals surface area contributed by atoms with Crippen LogP contribution >= 0.6 is 0 Å². The average molecular weight is 389 g/mol. The summed E-state index contributed by atoms with van der Waals surface area (Å²) in [5, 5.41) is 10.3. The number of carbonyl (C=O) groups is 1. The molecule has 28 heavy (non-hydrogen) atoms. The van der Waals surface area contributed by atoms with Crippen LogP contribution in [0.15, 0.2) is 24.4 Å². The van der Waals surface area contributed by atoms with E-state index in [4.69, 9.17) is 10.5 Å². The first kappa shape index (κ1) is 18.0. The molecule has 4 rings (SSSR count). The second kappa shape index (κ2) is 7.35. The van der Waals surface area contributed by atoms with E-state index in [1.165, 1.54) is 18.3 Å². The van der Waals surface area contributed by atoms with Gasteiger partial charge in [-0.15, -0.1) is 10.2 Å². The summed E-state index contributed by atoms with van der Waals surface area (Å²) >= 11 is 0. The van der Waals surface area contributed by atoms with Gasteiger partial charge in [0.25, 0.3) is 5.91 Å². The van der Waals surface area contributed by atoms with Crippen LogP contribution in [0.3, 0.4) is 0 Å². The molecule has 1 saturated heterocycles. The van der Waals surface area contributed by atoms with Crippen molar-refractivity contribution < 1.29 is 18.3 Å². The number of nitrogens with one attached hydrogen (secondary N) is 2. The fraction of sp³-hybridized carbons (Fsp3) is 0.294. The molecule has 2 aromatic heterocycles. The van der Waals surface area contributed by atoms with Crippen molar-refractivity contribution in [2.75, 3.05) is 18.9 Å². The van der Waals surface area contributed by atoms with E-state index < -0.39 is 17.5 Å². The van der Waals surface area contributed by atoms with Crippen LogP contribution in [-0.4, -0.2) is 49.9 Å². The monoisotopic (exact) mass is 389 g/mol. The maximum absolute atomic E-state index is 14.2. The van der Waals surface area contributed by atoms with E-state index in [-0.39, 0.29) is 35.1 Å². The zero-order valence-corrected chi connectivity index (χ0v) is 14.7. The average Bonchev–Trinajstić information content (AvgIpc) is 3.43. The lowest BCUT2D eigenvalue weighted by Gasteiger charge is -2.09. The predicted octanol–water partition coefficient (Wildman–Crippen LogP) is 1.43. The smallest absolute Gasteiger partial charge is 0.287 e. The topological polar surface area (TPSA) is 124 Å². The van der Waals surface area contributed by atoms with Gasteiger partial charge in [-0.05, 0) is 25.0 Å². The summed E-state index contributed by atoms with van der Waals surface area (Å²) in [4.78, 5) is 19.1. The highest BCUT2D eigenvalue weighted by Gasteiger charge is 2.22. The molecule has 0 aliphatic carbocycles. The summed E-state index contributed by atoms with van der Waals surface area (Å²) in [7, 11) is 0. The summed E-state index contributed by atoms with van der Waals surface area (Å²) in [6.45, 7) is 1.08. The Morgan fingerprint density at radius 3 is 3.04 bits per heavy atom. The number of hydrogen-bond acceptors (Lipinski definition) is 6. The molecule has 3 heterocycles. The lowest BCUT2D eigenvalue weighted by atomic mass is 10.2. The molecule has 1 amide bonds. The molecule has 3 aromatic rings. The number of H-pyrrole nitrogens is 1. The number of amides is 1. The van der Waals surface area contributed by atoms with Gasteiger partial charge < -0.3 is 20.8 Å². The Kier molecular flexibility index (Phi) is 4.74. The highest BCUT2D eigenvalue weighted by atomic mass is 19.2. The second-order valence-electron chi connectivity index (χ2n) is 6.28. The van der Waals surface area contributed by atoms with Crippen LogP contribution in [0.2, 0.25) is 0 Å². The van der Waals surface area contributed by atoms with Crippen LogP contribution in [0.4, 0.5) is 14.7 Å². The van der Waals surface area contributed by atoms with Crippen LogP contribution in [0.25, 0.3) is 17.2 Å². The number of benzene rings is 1. The van der Waals surface area contributed by atoms with Crippen molar-refractivity contribution in [3.05, 3.63) is 41.9 Å². The summed E-state index contributed by atoms with van der Waals surface area (Å²) in [5.74, 6) is -2.55. The van der Waals surface area contributed by atoms with Gasteiger partial charge in [0.15, 0.2) is 23.3 Å². The van der Waals surface area contributed by atoms with Crippen LogP contribution in [0.1, 0.15) is 23.5 Å². The van der Waals surface area contributed by atoms with Crippen LogP contribution < -0.4 is 11.1 Å². The van der Waals surface area contributed by atoms with Gasteiger partial charge in [-0.2, -0.15) is 0 Å². The fourth-order valence-corrected chi connectivity index (χ4v) is 3.02. The zero-order chi connectivity index (χ0) is 19.7. The first-order valence-electron chi connectivity index (χ1n) is 8.65. The molecule has 0 saturated carbocycles. The minimum atomic E-state index is -1.09. The van der Waals surface area contributed by atoms with Gasteiger partial charge in [-0.1, -0.05) is 6.07 Å². The number of aromatic nitrogens is 5. The second-order valence-corrected chi connectivity index (χ2v) is 6.28. The van der Waals surface area contributed by atoms with E-state index in [1.807, 2.05) is 0 Å². The van der Waals surface area contributed by atoms with E-state index in [9.17, 15) is 13.6 Å². The van der Waals surface area contributed by atoms with Gasteiger partial charge in [0.05, 0.1) is 18.0 Å². The van der Waals surface area contributed by atoms with E-state index in [0.29, 0.717) is 13.2 Å². The van der Waals surface area contributed by atoms with E-state index in [2.05, 4.69) is 25.5 Å². The number of carbonyl (C=O) groups excluding carboxylic acids is 1. The van der Waals surface area contributed by atoms with Gasteiger partial charge >= 0.3 is 0 Å². The lowest BCUT2D eigenvalue weighted by molar-refractivity contribution is 0.0850. The Hall–Kier alpha value is -3.34. The van der Waals surface area contributed by atoms with E-state index in [0.717, 1.165) is 23.5 Å². The molecule has 0 unspecified atom stereocenters. The normalized spacial score (nSPS) is 16.4. The van der Waals surface area contributed by atoms with Crippen molar-refractivity contribution in [2.24, 2.45) is 0 Å². The standard InChI is InChI=1S/C17H17F2N7O2/c18-10-4-1-5-12(13(10)19)26-15(24-25-17(26)20)11-8-21-14(23-11)16(27)22-7-9-3-2-6-28-9/h1,4-5,8-9H,2-3,6-7H2,(H2,20,25)(H,21,23)(H,22,27)/t9-/m1/s1. The summed E-state index contributed by atoms with van der Waals surface area (Å²) in [6, 6.07) is 3.67. The minimum absolute atomic E-state index is 0.00256. The quantitative estimate of drug-likeness (QED) is 0.606. The van der Waals surface area contributed by atoms with Crippen molar-refractivity contribution in [3.63, 3.8) is 0 Å². The zero-order valence-electron chi connectivity index (χ0n) is 14.7. The van der Waals surface area contributed by atoms with Gasteiger partial charge in [-0.3, -0.25) is 9.36 Å². The molecule has 1 aliphatic heterocycles. The van der Waals surface area contributed by atoms with Gasteiger partial charge in [-0.25, -0.2) is 13.8 Å². The van der Waals surface area contributed by atoms with Crippen molar-refractivity contribution >= 4 is 11.9 Å². The molecule has 1 fully saturated rings. The van der Waals surface area contributed by atoms with E-state index in [1.54, 1.807) is 0 Å². The number of nitrogens with zero attached hydrogens (tertiary/aromatic N) is 4. The summed E-state index contributed by atoms with van der Waals surface area (Å²) in [5.41, 5.74) is 5.90. The van der Waals surface area contributed by atoms with Crippen LogP contribution in [0.5, 0.6) is 0 Å². The fourth-order valence-electron chi connectivity index (χ4n) is 3.02. The number of anilines is 1.